The summed E-state index contributed by atoms with van der Waals surface area (Å²) in [6.07, 6.45) is -4.40. The van der Waals surface area contributed by atoms with Crippen LogP contribution < -0.4 is 5.32 Å². The molecule has 0 atom stereocenters. The summed E-state index contributed by atoms with van der Waals surface area (Å²) in [5, 5.41) is 2.61. The van der Waals surface area contributed by atoms with Gasteiger partial charge in [0.2, 0.25) is 11.8 Å². The summed E-state index contributed by atoms with van der Waals surface area (Å²) >= 11 is 0. The highest BCUT2D eigenvalue weighted by atomic mass is 19.4. The van der Waals surface area contributed by atoms with Crippen molar-refractivity contribution in [1.29, 1.82) is 0 Å². The van der Waals surface area contributed by atoms with Gasteiger partial charge in [0.25, 0.3) is 0 Å². The van der Waals surface area contributed by atoms with Crippen molar-refractivity contribution in [3.63, 3.8) is 0 Å². The fourth-order valence-corrected chi connectivity index (χ4v) is 3.35. The van der Waals surface area contributed by atoms with Crippen LogP contribution >= 0.6 is 0 Å². The van der Waals surface area contributed by atoms with Crippen LogP contribution in [0, 0.1) is 0 Å². The number of ether oxygens (including phenoxy) is 1. The van der Waals surface area contributed by atoms with Crippen molar-refractivity contribution in [2.75, 3.05) is 70.9 Å². The van der Waals surface area contributed by atoms with Crippen molar-refractivity contribution in [2.45, 2.75) is 6.18 Å². The average Bonchev–Trinajstić information content (AvgIpc) is 2.69. The summed E-state index contributed by atoms with van der Waals surface area (Å²) in [6, 6.07) is 4.36. The first kappa shape index (κ1) is 21.5. The highest BCUT2D eigenvalue weighted by Gasteiger charge is 2.30. The fraction of sp³-hybridized carbons (Fsp3) is 0.579. The van der Waals surface area contributed by atoms with E-state index >= 15 is 0 Å². The summed E-state index contributed by atoms with van der Waals surface area (Å²) in [6.45, 7) is 5.60. The van der Waals surface area contributed by atoms with E-state index in [1.54, 1.807) is 4.90 Å². The van der Waals surface area contributed by atoms with E-state index in [0.29, 0.717) is 51.6 Å². The molecule has 2 saturated heterocycles. The maximum atomic E-state index is 12.6. The van der Waals surface area contributed by atoms with Gasteiger partial charge in [-0.05, 0) is 24.3 Å². The van der Waals surface area contributed by atoms with Crippen molar-refractivity contribution in [3.8, 4) is 0 Å². The molecule has 160 valence electrons. The Kier molecular flexibility index (Phi) is 7.09. The van der Waals surface area contributed by atoms with Crippen molar-refractivity contribution >= 4 is 17.5 Å². The van der Waals surface area contributed by atoms with Gasteiger partial charge < -0.3 is 15.0 Å². The summed E-state index contributed by atoms with van der Waals surface area (Å²) in [5.74, 6) is -0.210. The zero-order valence-corrected chi connectivity index (χ0v) is 16.1. The number of halogens is 3. The van der Waals surface area contributed by atoms with E-state index in [-0.39, 0.29) is 18.4 Å². The van der Waals surface area contributed by atoms with Crippen LogP contribution in [0.1, 0.15) is 5.56 Å². The van der Waals surface area contributed by atoms with Crippen LogP contribution in [0.5, 0.6) is 0 Å². The van der Waals surface area contributed by atoms with E-state index in [1.165, 1.54) is 12.1 Å². The number of rotatable bonds is 5. The van der Waals surface area contributed by atoms with Gasteiger partial charge in [0.05, 0.1) is 31.9 Å². The second kappa shape index (κ2) is 9.55. The van der Waals surface area contributed by atoms with Gasteiger partial charge in [0.15, 0.2) is 0 Å². The Morgan fingerprint density at radius 1 is 0.897 bits per heavy atom. The number of carbonyl (C=O) groups excluding carboxylic acids is 2. The van der Waals surface area contributed by atoms with E-state index in [9.17, 15) is 22.8 Å². The number of alkyl halides is 3. The average molecular weight is 414 g/mol. The minimum absolute atomic E-state index is 0.0840. The van der Waals surface area contributed by atoms with Crippen LogP contribution in [-0.4, -0.2) is 92.1 Å². The first-order valence-corrected chi connectivity index (χ1v) is 9.58. The lowest BCUT2D eigenvalue weighted by Gasteiger charge is -2.36. The van der Waals surface area contributed by atoms with E-state index in [2.05, 4.69) is 10.2 Å². The van der Waals surface area contributed by atoms with E-state index < -0.39 is 11.7 Å². The molecule has 10 heteroatoms. The maximum Gasteiger partial charge on any atom is 0.416 e. The molecule has 29 heavy (non-hydrogen) atoms. The molecular weight excluding hydrogens is 389 g/mol. The van der Waals surface area contributed by atoms with Crippen LogP contribution in [0.4, 0.5) is 18.9 Å². The van der Waals surface area contributed by atoms with Crippen LogP contribution in [0.3, 0.4) is 0 Å². The van der Waals surface area contributed by atoms with Gasteiger partial charge >= 0.3 is 6.18 Å². The molecule has 2 heterocycles. The number of amides is 2. The molecular formula is C19H25F3N4O3. The molecule has 2 amide bonds. The second-order valence-electron chi connectivity index (χ2n) is 7.17. The molecule has 7 nitrogen and oxygen atoms in total. The summed E-state index contributed by atoms with van der Waals surface area (Å²) in [7, 11) is 0. The van der Waals surface area contributed by atoms with E-state index in [1.807, 2.05) is 4.90 Å². The number of piperazine rings is 1. The Bertz CT molecular complexity index is 698. The molecule has 0 aromatic heterocycles. The molecule has 2 aliphatic rings. The monoisotopic (exact) mass is 414 g/mol. The molecule has 1 aromatic rings. The number of benzene rings is 1. The zero-order chi connectivity index (χ0) is 20.9. The summed E-state index contributed by atoms with van der Waals surface area (Å²) in [4.78, 5) is 30.4. The molecule has 0 saturated carbocycles. The molecule has 2 aliphatic heterocycles. The van der Waals surface area contributed by atoms with Crippen LogP contribution in [0.2, 0.25) is 0 Å². The second-order valence-corrected chi connectivity index (χ2v) is 7.17. The lowest BCUT2D eigenvalue weighted by atomic mass is 10.2. The van der Waals surface area contributed by atoms with Gasteiger partial charge in [0, 0.05) is 45.0 Å². The summed E-state index contributed by atoms with van der Waals surface area (Å²) < 4.78 is 43.0. The van der Waals surface area contributed by atoms with Gasteiger partial charge in [-0.15, -0.1) is 0 Å². The predicted octanol–water partition coefficient (Wildman–Crippen LogP) is 1.12. The molecule has 0 radical (unpaired) electrons. The Morgan fingerprint density at radius 2 is 1.48 bits per heavy atom. The zero-order valence-electron chi connectivity index (χ0n) is 16.1. The van der Waals surface area contributed by atoms with Gasteiger partial charge in [-0.3, -0.25) is 19.4 Å². The molecule has 0 unspecified atom stereocenters. The molecule has 1 N–H and O–H groups in total. The smallest absolute Gasteiger partial charge is 0.379 e. The Balaban J connectivity index is 1.39. The molecule has 1 aromatic carbocycles. The largest absolute Gasteiger partial charge is 0.416 e. The third kappa shape index (κ3) is 6.41. The van der Waals surface area contributed by atoms with Gasteiger partial charge in [0.1, 0.15) is 0 Å². The number of nitrogens with zero attached hydrogens (tertiary/aromatic N) is 3. The Morgan fingerprint density at radius 3 is 2.07 bits per heavy atom. The lowest BCUT2D eigenvalue weighted by molar-refractivity contribution is -0.137. The van der Waals surface area contributed by atoms with Crippen LogP contribution in [-0.2, 0) is 20.5 Å². The first-order valence-electron chi connectivity index (χ1n) is 9.58. The number of carbonyl (C=O) groups is 2. The topological polar surface area (TPSA) is 65.1 Å². The molecule has 0 bridgehead atoms. The molecule has 3 rings (SSSR count). The minimum atomic E-state index is -4.40. The lowest BCUT2D eigenvalue weighted by Crippen LogP contribution is -2.53. The number of morpholine rings is 1. The van der Waals surface area contributed by atoms with Crippen molar-refractivity contribution in [2.24, 2.45) is 0 Å². The van der Waals surface area contributed by atoms with E-state index in [4.69, 9.17) is 4.74 Å². The first-order chi connectivity index (χ1) is 13.8. The van der Waals surface area contributed by atoms with Crippen molar-refractivity contribution < 1.29 is 27.5 Å². The predicted molar refractivity (Wildman–Crippen MR) is 100 cm³/mol. The van der Waals surface area contributed by atoms with Gasteiger partial charge in [-0.2, -0.15) is 13.2 Å². The van der Waals surface area contributed by atoms with Crippen LogP contribution in [0.15, 0.2) is 24.3 Å². The number of hydrogen-bond acceptors (Lipinski definition) is 5. The number of anilines is 1. The van der Waals surface area contributed by atoms with Crippen molar-refractivity contribution in [1.82, 2.24) is 14.7 Å². The van der Waals surface area contributed by atoms with Gasteiger partial charge in [-0.25, -0.2) is 0 Å². The van der Waals surface area contributed by atoms with Crippen LogP contribution in [0.25, 0.3) is 0 Å². The maximum absolute atomic E-state index is 12.6. The third-order valence-corrected chi connectivity index (χ3v) is 5.05. The number of hydrogen-bond donors (Lipinski definition) is 1. The molecule has 0 spiro atoms. The Labute approximate surface area is 167 Å². The quantitative estimate of drug-likeness (QED) is 0.783. The third-order valence-electron chi connectivity index (χ3n) is 5.05. The summed E-state index contributed by atoms with van der Waals surface area (Å²) in [5.41, 5.74) is -0.435. The van der Waals surface area contributed by atoms with Crippen molar-refractivity contribution in [3.05, 3.63) is 29.8 Å². The standard InChI is InChI=1S/C19H25F3N4O3/c20-19(21,22)15-1-3-16(4-2-15)23-17(27)13-24-5-7-26(8-6-24)18(28)14-25-9-11-29-12-10-25/h1-4H,5-14H2,(H,23,27). The minimum Gasteiger partial charge on any atom is -0.379 e. The van der Waals surface area contributed by atoms with Gasteiger partial charge in [-0.1, -0.05) is 0 Å². The SMILES string of the molecule is O=C(CN1CCN(C(=O)CN2CCOCC2)CC1)Nc1ccc(C(F)(F)F)cc1. The highest BCUT2D eigenvalue weighted by Crippen LogP contribution is 2.29. The molecule has 0 aliphatic carbocycles. The van der Waals surface area contributed by atoms with E-state index in [0.717, 1.165) is 25.2 Å². The fourth-order valence-electron chi connectivity index (χ4n) is 3.35. The highest BCUT2D eigenvalue weighted by molar-refractivity contribution is 5.92. The normalized spacial score (nSPS) is 19.2. The number of nitrogens with one attached hydrogen (secondary N) is 1. The molecule has 2 fully saturated rings. The Hall–Kier alpha value is -2.17.